The Morgan fingerprint density at radius 3 is 0.519 bits per heavy atom. The van der Waals surface area contributed by atoms with E-state index in [1.807, 2.05) is 27.7 Å². The van der Waals surface area contributed by atoms with Gasteiger partial charge in [-0.05, 0) is 23.7 Å². The summed E-state index contributed by atoms with van der Waals surface area (Å²) in [6, 6.07) is 0. The van der Waals surface area contributed by atoms with Crippen molar-refractivity contribution < 1.29 is 42.1 Å². The van der Waals surface area contributed by atoms with Crippen molar-refractivity contribution >= 4 is 0 Å². The molecule has 2 heteroatoms. The first kappa shape index (κ1) is 70.4. The summed E-state index contributed by atoms with van der Waals surface area (Å²) in [6.07, 6.45) is 8.84. The van der Waals surface area contributed by atoms with Crippen LogP contribution < -0.4 is 0 Å². The molecular formula is C25H68Pt2. The molecule has 0 nitrogen and oxygen atoms in total. The first-order valence-electron chi connectivity index (χ1n) is 8.61. The van der Waals surface area contributed by atoms with Gasteiger partial charge in [-0.1, -0.05) is 146 Å². The van der Waals surface area contributed by atoms with Crippen molar-refractivity contribution in [1.82, 2.24) is 0 Å². The van der Waals surface area contributed by atoms with Crippen molar-refractivity contribution in [2.24, 2.45) is 23.7 Å². The zero-order valence-corrected chi connectivity index (χ0v) is 19.7. The summed E-state index contributed by atoms with van der Waals surface area (Å²) in [7, 11) is 0. The Bertz CT molecular complexity index is 126. The van der Waals surface area contributed by atoms with Crippen LogP contribution in [0.1, 0.15) is 146 Å². The fourth-order valence-electron chi connectivity index (χ4n) is 2.66. The van der Waals surface area contributed by atoms with Gasteiger partial charge in [-0.15, -0.1) is 0 Å². The van der Waals surface area contributed by atoms with E-state index in [0.29, 0.717) is 0 Å². The topological polar surface area (TPSA) is 0 Å². The third-order valence-electron chi connectivity index (χ3n) is 4.58. The monoisotopic (exact) mass is 758 g/mol. The van der Waals surface area contributed by atoms with Gasteiger partial charge in [0.2, 0.25) is 0 Å². The SMILES string of the molecule is C.C.C.C.C.C.C.CC.CC.CC1CCCC1C.CC1CCCC1C.[Pt].[Pt]. The molecule has 2 aliphatic rings. The largest absolute Gasteiger partial charge is 0.0776 e. The maximum atomic E-state index is 2.36. The average Bonchev–Trinajstić information content (AvgIpc) is 2.96. The molecule has 188 valence electrons. The van der Waals surface area contributed by atoms with E-state index < -0.39 is 0 Å². The summed E-state index contributed by atoms with van der Waals surface area (Å²) in [5.41, 5.74) is 0. The molecule has 4 unspecified atom stereocenters. The van der Waals surface area contributed by atoms with E-state index in [-0.39, 0.29) is 94.1 Å². The summed E-state index contributed by atoms with van der Waals surface area (Å²) in [5, 5.41) is 0. The van der Waals surface area contributed by atoms with Crippen molar-refractivity contribution in [1.29, 1.82) is 0 Å². The van der Waals surface area contributed by atoms with E-state index in [1.54, 1.807) is 0 Å². The predicted octanol–water partition coefficient (Wildman–Crippen LogP) is 11.4. The second-order valence-electron chi connectivity index (χ2n) is 5.77. The summed E-state index contributed by atoms with van der Waals surface area (Å²) < 4.78 is 0. The standard InChI is InChI=1S/2C7H14.2C2H6.7CH4.2Pt/c2*1-6-4-3-5-7(6)2;2*1-2;;;;;;;;;/h2*6-7H,3-5H2,1-2H3;2*1-2H3;7*1H4;;. The van der Waals surface area contributed by atoms with Crippen LogP contribution in [0.5, 0.6) is 0 Å². The molecule has 2 saturated carbocycles. The van der Waals surface area contributed by atoms with Crippen LogP contribution in [0, 0.1) is 23.7 Å². The van der Waals surface area contributed by atoms with Crippen molar-refractivity contribution in [2.45, 2.75) is 146 Å². The number of hydrogen-bond donors (Lipinski definition) is 0. The normalized spacial score (nSPS) is 22.2. The molecule has 2 fully saturated rings. The van der Waals surface area contributed by atoms with Gasteiger partial charge in [0, 0.05) is 42.1 Å². The van der Waals surface area contributed by atoms with E-state index in [0.717, 1.165) is 23.7 Å². The molecule has 0 N–H and O–H groups in total. The third kappa shape index (κ3) is 38.6. The van der Waals surface area contributed by atoms with E-state index in [4.69, 9.17) is 0 Å². The van der Waals surface area contributed by atoms with E-state index in [1.165, 1.54) is 38.5 Å². The van der Waals surface area contributed by atoms with Gasteiger partial charge in [-0.3, -0.25) is 0 Å². The Hall–Kier alpha value is 1.38. The van der Waals surface area contributed by atoms with Gasteiger partial charge in [0.15, 0.2) is 0 Å². The van der Waals surface area contributed by atoms with Crippen LogP contribution in [0.15, 0.2) is 0 Å². The molecule has 0 aliphatic heterocycles. The molecule has 2 aliphatic carbocycles. The van der Waals surface area contributed by atoms with Crippen molar-refractivity contribution in [3.8, 4) is 0 Å². The second-order valence-corrected chi connectivity index (χ2v) is 5.77. The zero-order valence-electron chi connectivity index (χ0n) is 15.2. The molecule has 0 aromatic rings. The fourth-order valence-corrected chi connectivity index (χ4v) is 2.66. The minimum atomic E-state index is 0. The van der Waals surface area contributed by atoms with E-state index >= 15 is 0 Å². The molecule has 2 rings (SSSR count). The quantitative estimate of drug-likeness (QED) is 0.231. The zero-order chi connectivity index (χ0) is 14.6. The Morgan fingerprint density at radius 1 is 0.370 bits per heavy atom. The fraction of sp³-hybridized carbons (Fsp3) is 1.00. The summed E-state index contributed by atoms with van der Waals surface area (Å²) in [6.45, 7) is 17.4. The van der Waals surface area contributed by atoms with Gasteiger partial charge in [0.05, 0.1) is 0 Å². The van der Waals surface area contributed by atoms with Crippen molar-refractivity contribution in [2.75, 3.05) is 0 Å². The predicted molar refractivity (Wildman–Crippen MR) is 134 cm³/mol. The van der Waals surface area contributed by atoms with Crippen LogP contribution >= 0.6 is 0 Å². The summed E-state index contributed by atoms with van der Waals surface area (Å²) >= 11 is 0. The van der Waals surface area contributed by atoms with Crippen molar-refractivity contribution in [3.63, 3.8) is 0 Å². The smallest absolute Gasteiger partial charge is 0 e. The maximum Gasteiger partial charge on any atom is 0 e. The second kappa shape index (κ2) is 50.7. The Kier molecular flexibility index (Phi) is 132. The first-order valence-corrected chi connectivity index (χ1v) is 8.61. The van der Waals surface area contributed by atoms with Gasteiger partial charge in [-0.25, -0.2) is 0 Å². The molecule has 0 bridgehead atoms. The minimum absolute atomic E-state index is 0. The molecule has 0 heterocycles. The Morgan fingerprint density at radius 2 is 0.481 bits per heavy atom. The Labute approximate surface area is 210 Å². The molecule has 0 aromatic carbocycles. The molecule has 27 heavy (non-hydrogen) atoms. The van der Waals surface area contributed by atoms with Crippen LogP contribution in [-0.4, -0.2) is 0 Å². The first-order chi connectivity index (χ1) is 8.61. The molecule has 4 atom stereocenters. The van der Waals surface area contributed by atoms with Gasteiger partial charge in [-0.2, -0.15) is 0 Å². The molecule has 0 radical (unpaired) electrons. The van der Waals surface area contributed by atoms with Gasteiger partial charge in [0.25, 0.3) is 0 Å². The molecule has 0 saturated heterocycles. The van der Waals surface area contributed by atoms with Gasteiger partial charge < -0.3 is 0 Å². The third-order valence-corrected chi connectivity index (χ3v) is 4.58. The Balaban J connectivity index is -0.0000000139. The minimum Gasteiger partial charge on any atom is -0.0776 e. The van der Waals surface area contributed by atoms with Crippen LogP contribution in [0.3, 0.4) is 0 Å². The van der Waals surface area contributed by atoms with Gasteiger partial charge >= 0.3 is 0 Å². The van der Waals surface area contributed by atoms with Crippen molar-refractivity contribution in [3.05, 3.63) is 0 Å². The van der Waals surface area contributed by atoms with E-state index in [9.17, 15) is 0 Å². The van der Waals surface area contributed by atoms with Crippen LogP contribution in [0.4, 0.5) is 0 Å². The summed E-state index contributed by atoms with van der Waals surface area (Å²) in [4.78, 5) is 0. The molecule has 0 spiro atoms. The van der Waals surface area contributed by atoms with Crippen LogP contribution in [0.25, 0.3) is 0 Å². The molecule has 0 aromatic heterocycles. The molecule has 0 amide bonds. The van der Waals surface area contributed by atoms with Crippen LogP contribution in [0.2, 0.25) is 0 Å². The van der Waals surface area contributed by atoms with E-state index in [2.05, 4.69) is 27.7 Å². The van der Waals surface area contributed by atoms with Crippen LogP contribution in [-0.2, 0) is 42.1 Å². The number of rotatable bonds is 0. The average molecular weight is 759 g/mol. The number of hydrogen-bond acceptors (Lipinski definition) is 0. The molecular weight excluding hydrogens is 690 g/mol. The maximum absolute atomic E-state index is 2.36. The van der Waals surface area contributed by atoms with Gasteiger partial charge in [0.1, 0.15) is 0 Å². The summed E-state index contributed by atoms with van der Waals surface area (Å²) in [5.74, 6) is 4.06.